The van der Waals surface area contributed by atoms with Crippen LogP contribution in [0.5, 0.6) is 0 Å². The van der Waals surface area contributed by atoms with Crippen molar-refractivity contribution in [1.29, 1.82) is 0 Å². The maximum Gasteiger partial charge on any atom is 0.0410 e. The van der Waals surface area contributed by atoms with Gasteiger partial charge in [-0.2, -0.15) is 0 Å². The van der Waals surface area contributed by atoms with Gasteiger partial charge in [0.1, 0.15) is 0 Å². The summed E-state index contributed by atoms with van der Waals surface area (Å²) in [4.78, 5) is 0. The first-order valence-electron chi connectivity index (χ1n) is 6.80. The van der Waals surface area contributed by atoms with Gasteiger partial charge >= 0.3 is 0 Å². The number of hydrogen-bond donors (Lipinski definition) is 1. The molecule has 0 aromatic rings. The van der Waals surface area contributed by atoms with E-state index in [4.69, 9.17) is 5.73 Å². The van der Waals surface area contributed by atoms with Crippen molar-refractivity contribution in [1.82, 2.24) is 0 Å². The van der Waals surface area contributed by atoms with Crippen LogP contribution in [-0.4, -0.2) is 6.04 Å². The van der Waals surface area contributed by atoms with Gasteiger partial charge in [0.2, 0.25) is 0 Å². The van der Waals surface area contributed by atoms with Crippen molar-refractivity contribution in [2.24, 2.45) is 5.73 Å². The van der Waals surface area contributed by atoms with E-state index in [-0.39, 0.29) is 6.04 Å². The summed E-state index contributed by atoms with van der Waals surface area (Å²) < 4.78 is 0. The van der Waals surface area contributed by atoms with E-state index in [0.29, 0.717) is 0 Å². The van der Waals surface area contributed by atoms with Crippen molar-refractivity contribution >= 4 is 0 Å². The van der Waals surface area contributed by atoms with Gasteiger partial charge in [0.05, 0.1) is 0 Å². The van der Waals surface area contributed by atoms with E-state index in [2.05, 4.69) is 67.7 Å². The zero-order chi connectivity index (χ0) is 13.5. The van der Waals surface area contributed by atoms with Crippen molar-refractivity contribution in [2.75, 3.05) is 0 Å². The molecule has 2 N–H and O–H groups in total. The fourth-order valence-corrected chi connectivity index (χ4v) is 2.09. The van der Waals surface area contributed by atoms with Gasteiger partial charge in [-0.25, -0.2) is 0 Å². The van der Waals surface area contributed by atoms with E-state index >= 15 is 0 Å². The number of fused-ring (bicyclic) bond motifs is 1. The molecule has 2 bridgehead atoms. The minimum atomic E-state index is 0.0103. The highest BCUT2D eigenvalue weighted by Crippen LogP contribution is 2.19. The molecule has 19 heavy (non-hydrogen) atoms. The molecule has 0 aliphatic heterocycles. The Labute approximate surface area is 115 Å². The molecule has 0 saturated carbocycles. The molecule has 1 atom stereocenters. The molecule has 1 unspecified atom stereocenters. The Hall–Kier alpha value is -1.86. The van der Waals surface area contributed by atoms with Crippen LogP contribution >= 0.6 is 0 Å². The average Bonchev–Trinajstić information content (AvgIpc) is 2.84. The SMILES string of the molecule is C/C=C1/C=C2\C=CC(=C2)/C=C\C/C=C\C(N)/C=C\C1. The highest BCUT2D eigenvalue weighted by Gasteiger charge is 2.00. The molecular weight excluding hydrogens is 230 g/mol. The minimum absolute atomic E-state index is 0.0103. The van der Waals surface area contributed by atoms with E-state index in [1.807, 2.05) is 6.08 Å². The van der Waals surface area contributed by atoms with Crippen LogP contribution in [0.25, 0.3) is 0 Å². The van der Waals surface area contributed by atoms with Crippen molar-refractivity contribution in [3.63, 3.8) is 0 Å². The van der Waals surface area contributed by atoms with Gasteiger partial charge in [-0.3, -0.25) is 0 Å². The normalized spacial score (nSPS) is 33.2. The van der Waals surface area contributed by atoms with Gasteiger partial charge in [0.25, 0.3) is 0 Å². The molecule has 0 fully saturated rings. The summed E-state index contributed by atoms with van der Waals surface area (Å²) in [7, 11) is 0. The Balaban J connectivity index is 2.25. The first-order valence-corrected chi connectivity index (χ1v) is 6.80. The molecule has 0 aromatic carbocycles. The second kappa shape index (κ2) is 6.91. The fraction of sp³-hybridized carbons (Fsp3) is 0.222. The molecule has 0 radical (unpaired) electrons. The predicted molar refractivity (Wildman–Crippen MR) is 83.7 cm³/mol. The molecule has 1 heteroatoms. The zero-order valence-electron chi connectivity index (χ0n) is 11.4. The van der Waals surface area contributed by atoms with Crippen LogP contribution in [0, 0.1) is 0 Å². The van der Waals surface area contributed by atoms with Gasteiger partial charge in [-0.1, -0.05) is 60.8 Å². The molecule has 0 spiro atoms. The Morgan fingerprint density at radius 1 is 1.00 bits per heavy atom. The van der Waals surface area contributed by atoms with Crippen LogP contribution in [-0.2, 0) is 0 Å². The Morgan fingerprint density at radius 3 is 2.63 bits per heavy atom. The summed E-state index contributed by atoms with van der Waals surface area (Å²) in [5.74, 6) is 0. The van der Waals surface area contributed by atoms with E-state index in [0.717, 1.165) is 12.8 Å². The standard InChI is InChI=1S/C18H21N/c1-2-15-8-6-10-18(19)9-5-3-4-7-16-11-12-17(13-15)14-16/h2,4-7,9-14,18H,3,8,19H2,1H3/b7-4-,9-5-,10-6-,15-2+,17-13+. The third-order valence-electron chi connectivity index (χ3n) is 3.18. The van der Waals surface area contributed by atoms with E-state index in [1.54, 1.807) is 0 Å². The van der Waals surface area contributed by atoms with Crippen molar-refractivity contribution < 1.29 is 0 Å². The largest absolute Gasteiger partial charge is 0.321 e. The van der Waals surface area contributed by atoms with Crippen molar-refractivity contribution in [3.05, 3.63) is 83.6 Å². The van der Waals surface area contributed by atoms with Gasteiger partial charge in [0, 0.05) is 6.04 Å². The lowest BCUT2D eigenvalue weighted by Crippen LogP contribution is -2.12. The predicted octanol–water partition coefficient (Wildman–Crippen LogP) is 4.15. The second-order valence-electron chi connectivity index (χ2n) is 4.76. The van der Waals surface area contributed by atoms with Crippen LogP contribution in [0.15, 0.2) is 83.6 Å². The molecule has 2 aliphatic carbocycles. The lowest BCUT2D eigenvalue weighted by molar-refractivity contribution is 1.01. The topological polar surface area (TPSA) is 26.0 Å². The Morgan fingerprint density at radius 2 is 1.79 bits per heavy atom. The summed E-state index contributed by atoms with van der Waals surface area (Å²) in [6.07, 6.45) is 25.4. The van der Waals surface area contributed by atoms with Crippen LogP contribution in [0.3, 0.4) is 0 Å². The number of hydrogen-bond acceptors (Lipinski definition) is 1. The number of allylic oxidation sites excluding steroid dienone is 12. The smallest absolute Gasteiger partial charge is 0.0410 e. The quantitative estimate of drug-likeness (QED) is 0.643. The summed E-state index contributed by atoms with van der Waals surface area (Å²) in [6, 6.07) is 0.0103. The van der Waals surface area contributed by atoms with Gasteiger partial charge in [-0.05, 0) is 42.6 Å². The monoisotopic (exact) mass is 251 g/mol. The molecule has 2 rings (SSSR count). The van der Waals surface area contributed by atoms with E-state index < -0.39 is 0 Å². The van der Waals surface area contributed by atoms with Crippen LogP contribution in [0.2, 0.25) is 0 Å². The third kappa shape index (κ3) is 4.38. The summed E-state index contributed by atoms with van der Waals surface area (Å²) in [5.41, 5.74) is 9.81. The van der Waals surface area contributed by atoms with Crippen molar-refractivity contribution in [3.8, 4) is 0 Å². The molecule has 98 valence electrons. The maximum absolute atomic E-state index is 5.98. The molecule has 2 aliphatic rings. The first kappa shape index (κ1) is 13.6. The molecule has 0 amide bonds. The average molecular weight is 251 g/mol. The Bertz CT molecular complexity index is 522. The summed E-state index contributed by atoms with van der Waals surface area (Å²) >= 11 is 0. The first-order chi connectivity index (χ1) is 9.28. The highest BCUT2D eigenvalue weighted by molar-refractivity contribution is 5.52. The second-order valence-corrected chi connectivity index (χ2v) is 4.76. The third-order valence-corrected chi connectivity index (χ3v) is 3.18. The summed E-state index contributed by atoms with van der Waals surface area (Å²) in [5, 5.41) is 0. The molecule has 1 nitrogen and oxygen atoms in total. The molecule has 0 saturated heterocycles. The highest BCUT2D eigenvalue weighted by atomic mass is 14.6. The van der Waals surface area contributed by atoms with Crippen LogP contribution in [0.1, 0.15) is 19.8 Å². The van der Waals surface area contributed by atoms with Gasteiger partial charge < -0.3 is 5.73 Å². The number of nitrogens with two attached hydrogens (primary N) is 1. The van der Waals surface area contributed by atoms with E-state index in [1.165, 1.54) is 16.7 Å². The van der Waals surface area contributed by atoms with Crippen LogP contribution in [0.4, 0.5) is 0 Å². The molecule has 0 aromatic heterocycles. The molecular formula is C18H21N. The zero-order valence-corrected chi connectivity index (χ0v) is 11.4. The maximum atomic E-state index is 5.98. The lowest BCUT2D eigenvalue weighted by Gasteiger charge is -2.01. The van der Waals surface area contributed by atoms with Gasteiger partial charge in [0.15, 0.2) is 0 Å². The molecule has 0 heterocycles. The Kier molecular flexibility index (Phi) is 4.93. The van der Waals surface area contributed by atoms with E-state index in [9.17, 15) is 0 Å². The fourth-order valence-electron chi connectivity index (χ4n) is 2.09. The van der Waals surface area contributed by atoms with Gasteiger partial charge in [-0.15, -0.1) is 0 Å². The number of rotatable bonds is 0. The lowest BCUT2D eigenvalue weighted by atomic mass is 10.1. The summed E-state index contributed by atoms with van der Waals surface area (Å²) in [6.45, 7) is 2.08. The van der Waals surface area contributed by atoms with Crippen LogP contribution < -0.4 is 5.73 Å². The van der Waals surface area contributed by atoms with Crippen molar-refractivity contribution in [2.45, 2.75) is 25.8 Å². The minimum Gasteiger partial charge on any atom is -0.321 e.